The molecule has 0 aromatic rings. The Morgan fingerprint density at radius 1 is 1.08 bits per heavy atom. The topological polar surface area (TPSA) is 69.9 Å². The van der Waals surface area contributed by atoms with E-state index in [9.17, 15) is 15.3 Å². The van der Waals surface area contributed by atoms with Gasteiger partial charge in [0.25, 0.3) is 0 Å². The zero-order chi connectivity index (χ0) is 10.2. The van der Waals surface area contributed by atoms with Gasteiger partial charge >= 0.3 is 0 Å². The fourth-order valence-electron chi connectivity index (χ4n) is 1.57. The van der Waals surface area contributed by atoms with E-state index in [4.69, 9.17) is 4.74 Å². The van der Waals surface area contributed by atoms with Gasteiger partial charge in [0.2, 0.25) is 0 Å². The van der Waals surface area contributed by atoms with Crippen molar-refractivity contribution in [3.05, 3.63) is 0 Å². The van der Waals surface area contributed by atoms with Gasteiger partial charge in [0, 0.05) is 0 Å². The molecule has 1 aliphatic heterocycles. The first-order valence-electron chi connectivity index (χ1n) is 4.50. The van der Waals surface area contributed by atoms with Gasteiger partial charge in [-0.2, -0.15) is 0 Å². The lowest BCUT2D eigenvalue weighted by atomic mass is 9.81. The number of aliphatic hydroxyl groups is 3. The summed E-state index contributed by atoms with van der Waals surface area (Å²) in [6.07, 6.45) is -3.51. The second-order valence-corrected chi connectivity index (χ2v) is 4.67. The minimum absolute atomic E-state index is 0.0835. The van der Waals surface area contributed by atoms with Gasteiger partial charge in [-0.05, 0) is 5.41 Å². The van der Waals surface area contributed by atoms with Crippen molar-refractivity contribution in [3.63, 3.8) is 0 Å². The molecule has 0 spiro atoms. The predicted octanol–water partition coefficient (Wildman–Crippen LogP) is -0.486. The maximum Gasteiger partial charge on any atom is 0.111 e. The van der Waals surface area contributed by atoms with E-state index in [2.05, 4.69) is 0 Å². The van der Waals surface area contributed by atoms with Gasteiger partial charge < -0.3 is 20.1 Å². The summed E-state index contributed by atoms with van der Waals surface area (Å²) in [5, 5.41) is 28.2. The second kappa shape index (κ2) is 3.53. The van der Waals surface area contributed by atoms with Crippen LogP contribution in [0.5, 0.6) is 0 Å². The normalized spacial score (nSPS) is 42.0. The molecule has 3 N–H and O–H groups in total. The van der Waals surface area contributed by atoms with Crippen LogP contribution in [-0.2, 0) is 4.74 Å². The summed E-state index contributed by atoms with van der Waals surface area (Å²) in [4.78, 5) is 0. The van der Waals surface area contributed by atoms with Crippen molar-refractivity contribution in [1.29, 1.82) is 0 Å². The molecule has 0 bridgehead atoms. The van der Waals surface area contributed by atoms with Crippen molar-refractivity contribution in [2.45, 2.75) is 45.2 Å². The molecule has 4 nitrogen and oxygen atoms in total. The number of hydrogen-bond acceptors (Lipinski definition) is 4. The summed E-state index contributed by atoms with van der Waals surface area (Å²) in [5.41, 5.74) is -0.236. The van der Waals surface area contributed by atoms with Gasteiger partial charge in [-0.25, -0.2) is 0 Å². The Morgan fingerprint density at radius 3 is 2.08 bits per heavy atom. The molecule has 0 aromatic carbocycles. The summed E-state index contributed by atoms with van der Waals surface area (Å²) in [7, 11) is 0. The first-order chi connectivity index (χ1) is 5.84. The highest BCUT2D eigenvalue weighted by molar-refractivity contribution is 4.92. The number of aliphatic hydroxyl groups excluding tert-OH is 3. The molecular weight excluding hydrogens is 172 g/mol. The molecule has 0 saturated carbocycles. The zero-order valence-corrected chi connectivity index (χ0v) is 8.27. The van der Waals surface area contributed by atoms with Crippen LogP contribution in [0.25, 0.3) is 0 Å². The average Bonchev–Trinajstić information content (AvgIpc) is 1.98. The molecule has 0 aromatic heterocycles. The molecule has 0 amide bonds. The van der Waals surface area contributed by atoms with Gasteiger partial charge in [-0.15, -0.1) is 0 Å². The molecule has 1 aliphatic rings. The molecule has 0 aliphatic carbocycles. The Bertz CT molecular complexity index is 175. The van der Waals surface area contributed by atoms with Crippen molar-refractivity contribution in [1.82, 2.24) is 0 Å². The minimum atomic E-state index is -1.10. The molecule has 1 rings (SSSR count). The highest BCUT2D eigenvalue weighted by Gasteiger charge is 2.42. The van der Waals surface area contributed by atoms with Crippen LogP contribution in [-0.4, -0.2) is 46.3 Å². The van der Waals surface area contributed by atoms with E-state index in [1.54, 1.807) is 0 Å². The summed E-state index contributed by atoms with van der Waals surface area (Å²) < 4.78 is 5.28. The van der Waals surface area contributed by atoms with E-state index in [1.807, 2.05) is 20.8 Å². The first-order valence-corrected chi connectivity index (χ1v) is 4.50. The van der Waals surface area contributed by atoms with Gasteiger partial charge in [0.15, 0.2) is 0 Å². The molecule has 78 valence electrons. The van der Waals surface area contributed by atoms with Crippen molar-refractivity contribution < 1.29 is 20.1 Å². The smallest absolute Gasteiger partial charge is 0.111 e. The van der Waals surface area contributed by atoms with E-state index in [1.165, 1.54) is 0 Å². The highest BCUT2D eigenvalue weighted by atomic mass is 16.5. The van der Waals surface area contributed by atoms with Crippen molar-refractivity contribution in [3.8, 4) is 0 Å². The third kappa shape index (κ3) is 2.20. The van der Waals surface area contributed by atoms with Crippen LogP contribution >= 0.6 is 0 Å². The molecule has 4 heteroatoms. The summed E-state index contributed by atoms with van der Waals surface area (Å²) in [5.74, 6) is 0. The Kier molecular flexibility index (Phi) is 2.97. The van der Waals surface area contributed by atoms with Crippen molar-refractivity contribution in [2.24, 2.45) is 5.41 Å². The molecule has 1 saturated heterocycles. The first kappa shape index (κ1) is 10.9. The molecular formula is C9H18O4. The Morgan fingerprint density at radius 2 is 1.62 bits per heavy atom. The molecule has 1 fully saturated rings. The van der Waals surface area contributed by atoms with E-state index < -0.39 is 24.4 Å². The SMILES string of the molecule is CC(C)(C)[C@@H]1OC[C@@H](O)C(O)C1O. The predicted molar refractivity (Wildman–Crippen MR) is 47.2 cm³/mol. The number of rotatable bonds is 0. The second-order valence-electron chi connectivity index (χ2n) is 4.67. The van der Waals surface area contributed by atoms with E-state index >= 15 is 0 Å². The van der Waals surface area contributed by atoms with E-state index in [0.717, 1.165) is 0 Å². The Labute approximate surface area is 78.1 Å². The van der Waals surface area contributed by atoms with E-state index in [-0.39, 0.29) is 12.0 Å². The number of hydrogen-bond donors (Lipinski definition) is 3. The van der Waals surface area contributed by atoms with Crippen LogP contribution in [0.1, 0.15) is 20.8 Å². The molecule has 4 atom stereocenters. The molecule has 2 unspecified atom stereocenters. The van der Waals surface area contributed by atoms with Crippen LogP contribution in [0.3, 0.4) is 0 Å². The van der Waals surface area contributed by atoms with Gasteiger partial charge in [0.05, 0.1) is 12.7 Å². The fourth-order valence-corrected chi connectivity index (χ4v) is 1.57. The van der Waals surface area contributed by atoms with Gasteiger partial charge in [-0.3, -0.25) is 0 Å². The monoisotopic (exact) mass is 190 g/mol. The average molecular weight is 190 g/mol. The van der Waals surface area contributed by atoms with Crippen molar-refractivity contribution in [2.75, 3.05) is 6.61 Å². The highest BCUT2D eigenvalue weighted by Crippen LogP contribution is 2.30. The van der Waals surface area contributed by atoms with Crippen LogP contribution in [0.4, 0.5) is 0 Å². The molecule has 1 heterocycles. The summed E-state index contributed by atoms with van der Waals surface area (Å²) >= 11 is 0. The zero-order valence-electron chi connectivity index (χ0n) is 8.27. The van der Waals surface area contributed by atoms with E-state index in [0.29, 0.717) is 0 Å². The lowest BCUT2D eigenvalue weighted by Crippen LogP contribution is -2.56. The summed E-state index contributed by atoms with van der Waals surface area (Å²) in [6, 6.07) is 0. The largest absolute Gasteiger partial charge is 0.388 e. The lowest BCUT2D eigenvalue weighted by Gasteiger charge is -2.41. The number of ether oxygens (including phenoxy) is 1. The standard InChI is InChI=1S/C9H18O4/c1-9(2,3)8-7(12)6(11)5(10)4-13-8/h5-8,10-12H,4H2,1-3H3/t5-,6?,7?,8-/m1/s1. The molecule has 0 radical (unpaired) electrons. The minimum Gasteiger partial charge on any atom is -0.388 e. The van der Waals surface area contributed by atoms with Gasteiger partial charge in [-0.1, -0.05) is 20.8 Å². The third-order valence-corrected chi connectivity index (χ3v) is 2.35. The van der Waals surface area contributed by atoms with Crippen LogP contribution in [0.2, 0.25) is 0 Å². The van der Waals surface area contributed by atoms with Crippen LogP contribution in [0.15, 0.2) is 0 Å². The maximum absolute atomic E-state index is 9.61. The van der Waals surface area contributed by atoms with Crippen molar-refractivity contribution >= 4 is 0 Å². The van der Waals surface area contributed by atoms with Gasteiger partial charge in [0.1, 0.15) is 18.3 Å². The molecule has 13 heavy (non-hydrogen) atoms. The van der Waals surface area contributed by atoms with Crippen LogP contribution in [0, 0.1) is 5.41 Å². The summed E-state index contributed by atoms with van der Waals surface area (Å²) in [6.45, 7) is 5.85. The van der Waals surface area contributed by atoms with Crippen LogP contribution < -0.4 is 0 Å². The quantitative estimate of drug-likeness (QED) is 0.482. The maximum atomic E-state index is 9.61. The Balaban J connectivity index is 2.70. The Hall–Kier alpha value is -0.160. The third-order valence-electron chi connectivity index (χ3n) is 2.35. The lowest BCUT2D eigenvalue weighted by molar-refractivity contribution is -0.211. The fraction of sp³-hybridized carbons (Fsp3) is 1.00.